The number of H-pyrrole nitrogens is 2. The Hall–Kier alpha value is -2.00. The predicted molar refractivity (Wildman–Crippen MR) is 122 cm³/mol. The first kappa shape index (κ1) is 19.3. The first-order valence-electron chi connectivity index (χ1n) is 8.50. The van der Waals surface area contributed by atoms with Crippen molar-refractivity contribution < 1.29 is 0 Å². The van der Waals surface area contributed by atoms with E-state index in [2.05, 4.69) is 44.2 Å². The highest BCUT2D eigenvalue weighted by Crippen LogP contribution is 2.16. The number of aromatic nitrogens is 4. The van der Waals surface area contributed by atoms with Gasteiger partial charge in [0.1, 0.15) is 0 Å². The van der Waals surface area contributed by atoms with Gasteiger partial charge in [0.2, 0.25) is 0 Å². The summed E-state index contributed by atoms with van der Waals surface area (Å²) in [5, 5.41) is 0. The summed E-state index contributed by atoms with van der Waals surface area (Å²) < 4.78 is 0. The van der Waals surface area contributed by atoms with Crippen LogP contribution in [0.25, 0.3) is 46.4 Å². The Morgan fingerprint density at radius 2 is 0.786 bits per heavy atom. The van der Waals surface area contributed by atoms with Crippen molar-refractivity contribution in [3.63, 3.8) is 0 Å². The third-order valence-corrected chi connectivity index (χ3v) is 4.04. The minimum absolute atomic E-state index is 0.939. The van der Waals surface area contributed by atoms with E-state index in [1.54, 1.807) is 0 Å². The van der Waals surface area contributed by atoms with Crippen molar-refractivity contribution in [2.75, 3.05) is 0 Å². The van der Waals surface area contributed by atoms with Gasteiger partial charge in [-0.25, -0.2) is 40.1 Å². The van der Waals surface area contributed by atoms with Crippen LogP contribution in [0.4, 0.5) is 0 Å². The Morgan fingerprint density at radius 1 is 0.536 bits per heavy atom. The maximum Gasteiger partial charge on any atom is 0.643 e. The number of hydrogen-bond acceptors (Lipinski definition) is 2. The Morgan fingerprint density at radius 3 is 1.04 bits per heavy atom. The SMILES string of the molecule is C1=Cc2cc3ccc(cc4nc(cc5ccc(cc1n2)[nH]5)C=C4)[nH]3.[Cl][Al]([Cl])[Cl]. The van der Waals surface area contributed by atoms with Crippen LogP contribution in [0.2, 0.25) is 0 Å². The van der Waals surface area contributed by atoms with Gasteiger partial charge in [-0.3, -0.25) is 0 Å². The number of nitrogens with zero attached hydrogens (tertiary/aromatic N) is 2. The van der Waals surface area contributed by atoms with Gasteiger partial charge in [0, 0.05) is 22.1 Å². The highest BCUT2D eigenvalue weighted by atomic mass is 35.8. The number of fused-ring (bicyclic) bond motifs is 8. The molecule has 0 fully saturated rings. The van der Waals surface area contributed by atoms with Crippen molar-refractivity contribution >= 4 is 87.9 Å². The zero-order chi connectivity index (χ0) is 19.5. The molecule has 28 heavy (non-hydrogen) atoms. The Labute approximate surface area is 178 Å². The molecular formula is C20H14AlCl3N4. The van der Waals surface area contributed by atoms with Crippen LogP contribution < -0.4 is 0 Å². The molecule has 5 heterocycles. The van der Waals surface area contributed by atoms with E-state index in [4.69, 9.17) is 30.1 Å². The van der Waals surface area contributed by atoms with E-state index in [0.29, 0.717) is 0 Å². The molecule has 0 spiro atoms. The predicted octanol–water partition coefficient (Wildman–Crippen LogP) is 6.34. The molecular weight excluding hydrogens is 430 g/mol. The topological polar surface area (TPSA) is 57.4 Å². The molecule has 8 heteroatoms. The van der Waals surface area contributed by atoms with Crippen LogP contribution in [0.5, 0.6) is 0 Å². The van der Waals surface area contributed by atoms with Crippen LogP contribution in [0.3, 0.4) is 0 Å². The molecule has 3 aromatic rings. The van der Waals surface area contributed by atoms with Crippen LogP contribution in [0.15, 0.2) is 48.5 Å². The van der Waals surface area contributed by atoms with Crippen LogP contribution in [-0.4, -0.2) is 31.3 Å². The summed E-state index contributed by atoms with van der Waals surface area (Å²) in [7, 11) is 14.8. The lowest BCUT2D eigenvalue weighted by Gasteiger charge is -1.85. The second-order valence-electron chi connectivity index (χ2n) is 6.15. The summed E-state index contributed by atoms with van der Waals surface area (Å²) in [6.45, 7) is 0. The van der Waals surface area contributed by atoms with Crippen molar-refractivity contribution in [3.8, 4) is 0 Å². The van der Waals surface area contributed by atoms with Gasteiger partial charge in [0.15, 0.2) is 0 Å². The lowest BCUT2D eigenvalue weighted by molar-refractivity contribution is 1.31. The molecule has 138 valence electrons. The highest BCUT2D eigenvalue weighted by molar-refractivity contribution is 7.54. The van der Waals surface area contributed by atoms with E-state index >= 15 is 0 Å². The molecule has 4 nitrogen and oxygen atoms in total. The van der Waals surface area contributed by atoms with Gasteiger partial charge in [-0.15, -0.1) is 0 Å². The van der Waals surface area contributed by atoms with Crippen LogP contribution >= 0.6 is 30.1 Å². The zero-order valence-corrected chi connectivity index (χ0v) is 18.0. The normalized spacial score (nSPS) is 11.8. The van der Waals surface area contributed by atoms with Gasteiger partial charge in [-0.1, -0.05) is 0 Å². The molecule has 8 bridgehead atoms. The van der Waals surface area contributed by atoms with Crippen molar-refractivity contribution in [1.29, 1.82) is 0 Å². The van der Waals surface area contributed by atoms with Gasteiger partial charge in [0.25, 0.3) is 0 Å². The van der Waals surface area contributed by atoms with Crippen LogP contribution in [0, 0.1) is 0 Å². The monoisotopic (exact) mass is 442 g/mol. The Balaban J connectivity index is 0.000000442. The molecule has 0 aromatic carbocycles. The van der Waals surface area contributed by atoms with Gasteiger partial charge >= 0.3 is 11.4 Å². The summed E-state index contributed by atoms with van der Waals surface area (Å²) >= 11 is -1.72. The van der Waals surface area contributed by atoms with Crippen LogP contribution in [0.1, 0.15) is 22.8 Å². The lowest BCUT2D eigenvalue weighted by atomic mass is 10.3. The third kappa shape index (κ3) is 5.08. The van der Waals surface area contributed by atoms with Gasteiger partial charge < -0.3 is 9.97 Å². The van der Waals surface area contributed by atoms with Crippen LogP contribution in [-0.2, 0) is 0 Å². The van der Waals surface area contributed by atoms with Crippen molar-refractivity contribution in [2.24, 2.45) is 0 Å². The molecule has 0 atom stereocenters. The second-order valence-corrected chi connectivity index (χ2v) is 12.6. The standard InChI is InChI=1S/C20H14N4.Al.3ClH/c1-2-14-10-16-5-6-18(23-16)12-20-8-7-19(24-20)11-17-4-3-15(22-17)9-13(1)21-14;;;;/h1-12,21,24H;;3*1H/q;+3;;;/p-3. The van der Waals surface area contributed by atoms with E-state index in [-0.39, 0.29) is 0 Å². The number of rotatable bonds is 0. The molecule has 0 unspecified atom stereocenters. The largest absolute Gasteiger partial charge is 0.643 e. The maximum atomic E-state index is 4.94. The average Bonchev–Trinajstić information content (AvgIpc) is 3.39. The maximum absolute atomic E-state index is 4.94. The minimum Gasteiger partial charge on any atom is -0.355 e. The Kier molecular flexibility index (Phi) is 5.91. The van der Waals surface area contributed by atoms with Crippen molar-refractivity contribution in [2.45, 2.75) is 0 Å². The number of halogens is 3. The smallest absolute Gasteiger partial charge is 0.355 e. The molecule has 5 rings (SSSR count). The van der Waals surface area contributed by atoms with Crippen molar-refractivity contribution in [3.05, 3.63) is 71.3 Å². The summed E-state index contributed by atoms with van der Waals surface area (Å²) in [4.78, 5) is 16.0. The fourth-order valence-corrected chi connectivity index (χ4v) is 2.94. The number of nitrogens with one attached hydrogen (secondary N) is 2. The van der Waals surface area contributed by atoms with E-state index in [0.717, 1.165) is 44.8 Å². The molecule has 0 amide bonds. The van der Waals surface area contributed by atoms with Gasteiger partial charge in [-0.2, -0.15) is 0 Å². The molecule has 0 saturated carbocycles. The molecule has 2 aliphatic rings. The zero-order valence-electron chi connectivity index (χ0n) is 14.5. The van der Waals surface area contributed by atoms with E-state index in [1.165, 1.54) is 0 Å². The summed E-state index contributed by atoms with van der Waals surface area (Å²) in [6.07, 6.45) is 8.09. The Bertz CT molecular complexity index is 1050. The van der Waals surface area contributed by atoms with E-state index in [1.807, 2.05) is 48.6 Å². The second kappa shape index (κ2) is 8.57. The average molecular weight is 444 g/mol. The molecule has 0 saturated heterocycles. The van der Waals surface area contributed by atoms with Gasteiger partial charge in [-0.05, 0) is 72.8 Å². The quantitative estimate of drug-likeness (QED) is 0.274. The fraction of sp³-hybridized carbons (Fsp3) is 0. The number of hydrogen-bond donors (Lipinski definition) is 2. The minimum atomic E-state index is -1.72. The summed E-state index contributed by atoms with van der Waals surface area (Å²) in [6, 6.07) is 16.4. The van der Waals surface area contributed by atoms with Crippen molar-refractivity contribution in [1.82, 2.24) is 19.9 Å². The fourth-order valence-electron chi connectivity index (χ4n) is 2.94. The molecule has 2 N–H and O–H groups in total. The highest BCUT2D eigenvalue weighted by Gasteiger charge is 2.01. The molecule has 3 aromatic heterocycles. The van der Waals surface area contributed by atoms with E-state index < -0.39 is 11.4 Å². The van der Waals surface area contributed by atoms with Gasteiger partial charge in [0.05, 0.1) is 22.8 Å². The first-order valence-corrected chi connectivity index (χ1v) is 13.7. The van der Waals surface area contributed by atoms with E-state index in [9.17, 15) is 0 Å². The summed E-state index contributed by atoms with van der Waals surface area (Å²) in [5.74, 6) is 0. The lowest BCUT2D eigenvalue weighted by Crippen LogP contribution is -1.75. The molecule has 0 radical (unpaired) electrons. The first-order chi connectivity index (χ1) is 13.5. The molecule has 2 aliphatic heterocycles. The third-order valence-electron chi connectivity index (χ3n) is 4.04. The number of aromatic amines is 2. The summed E-state index contributed by atoms with van der Waals surface area (Å²) in [5.41, 5.74) is 7.86. The molecule has 0 aliphatic carbocycles.